The Hall–Kier alpha value is -3.99. The summed E-state index contributed by atoms with van der Waals surface area (Å²) in [7, 11) is 2.09. The van der Waals surface area contributed by atoms with E-state index in [0.29, 0.717) is 0 Å². The lowest BCUT2D eigenvalue weighted by atomic mass is 9.77. The van der Waals surface area contributed by atoms with Crippen molar-refractivity contribution in [2.45, 2.75) is 85.5 Å². The summed E-state index contributed by atoms with van der Waals surface area (Å²) in [6.07, 6.45) is 4.23. The Kier molecular flexibility index (Phi) is 7.75. The molecule has 5 heteroatoms. The molecular weight excluding hydrogens is 528 g/mol. The molecule has 5 nitrogen and oxygen atoms in total. The van der Waals surface area contributed by atoms with Gasteiger partial charge in [0.05, 0.1) is 18.1 Å². The average molecular weight is 577 g/mol. The summed E-state index contributed by atoms with van der Waals surface area (Å²) < 4.78 is 8.84. The monoisotopic (exact) mass is 576 g/mol. The minimum atomic E-state index is -0.184. The van der Waals surface area contributed by atoms with Crippen molar-refractivity contribution >= 4 is 5.69 Å². The maximum absolute atomic E-state index is 6.75. The van der Waals surface area contributed by atoms with Crippen molar-refractivity contribution in [3.8, 4) is 17.2 Å². The first-order valence-electron chi connectivity index (χ1n) is 15.3. The maximum atomic E-state index is 6.75. The largest absolute Gasteiger partial charge is 0.457 e. The highest BCUT2D eigenvalue weighted by molar-refractivity contribution is 5.58. The van der Waals surface area contributed by atoms with Crippen LogP contribution in [0, 0.1) is 13.8 Å². The molecule has 0 saturated carbocycles. The van der Waals surface area contributed by atoms with Crippen molar-refractivity contribution in [1.82, 2.24) is 14.7 Å². The van der Waals surface area contributed by atoms with E-state index >= 15 is 0 Å². The molecule has 1 aliphatic rings. The van der Waals surface area contributed by atoms with Gasteiger partial charge in [0.2, 0.25) is 0 Å². The third-order valence-electron chi connectivity index (χ3n) is 8.61. The van der Waals surface area contributed by atoms with Gasteiger partial charge in [0.15, 0.2) is 0 Å². The first-order valence-corrected chi connectivity index (χ1v) is 15.3. The van der Waals surface area contributed by atoms with E-state index < -0.39 is 0 Å². The lowest BCUT2D eigenvalue weighted by molar-refractivity contribution is 0.472. The normalized spacial score (nSPS) is 14.1. The fraction of sp³-hybridized carbons (Fsp3) is 0.395. The lowest BCUT2D eigenvalue weighted by Gasteiger charge is -2.27. The molecule has 0 N–H and O–H groups in total. The highest BCUT2D eigenvalue weighted by Gasteiger charge is 2.30. The second-order valence-electron chi connectivity index (χ2n) is 14.6. The van der Waals surface area contributed by atoms with Crippen LogP contribution in [-0.4, -0.2) is 28.4 Å². The summed E-state index contributed by atoms with van der Waals surface area (Å²) in [5.41, 5.74) is 9.02. The van der Waals surface area contributed by atoms with Gasteiger partial charge in [-0.3, -0.25) is 0 Å². The smallest absolute Gasteiger partial charge is 0.129 e. The number of benzene rings is 3. The molecule has 5 rings (SSSR count). The predicted molar refractivity (Wildman–Crippen MR) is 180 cm³/mol. The SMILES string of the molecule is Cc1nn(-c2cc(Oc3cc(N4C=CN(C)C4)cc(C(C)(C)C)c3)cc(C(C)(C)C)c2)c(C)c1C(C)(C)c1ccccc1. The quantitative estimate of drug-likeness (QED) is 0.229. The Morgan fingerprint density at radius 3 is 1.77 bits per heavy atom. The number of hydrogen-bond donors (Lipinski definition) is 0. The van der Waals surface area contributed by atoms with Gasteiger partial charge in [-0.15, -0.1) is 0 Å². The molecule has 2 heterocycles. The molecule has 1 aromatic heterocycles. The van der Waals surface area contributed by atoms with Crippen LogP contribution in [0.25, 0.3) is 5.69 Å². The van der Waals surface area contributed by atoms with Gasteiger partial charge in [-0.05, 0) is 65.6 Å². The van der Waals surface area contributed by atoms with Gasteiger partial charge in [-0.1, -0.05) is 85.7 Å². The van der Waals surface area contributed by atoms with E-state index in [4.69, 9.17) is 9.84 Å². The zero-order valence-corrected chi connectivity index (χ0v) is 27.9. The van der Waals surface area contributed by atoms with Crippen molar-refractivity contribution in [1.29, 1.82) is 0 Å². The summed E-state index contributed by atoms with van der Waals surface area (Å²) in [6, 6.07) is 23.9. The second-order valence-corrected chi connectivity index (χ2v) is 14.6. The number of aromatic nitrogens is 2. The highest BCUT2D eigenvalue weighted by Crippen LogP contribution is 2.39. The molecule has 3 aromatic carbocycles. The van der Waals surface area contributed by atoms with Crippen LogP contribution < -0.4 is 9.64 Å². The van der Waals surface area contributed by atoms with E-state index in [-0.39, 0.29) is 16.2 Å². The molecule has 0 saturated heterocycles. The molecule has 0 unspecified atom stereocenters. The van der Waals surface area contributed by atoms with Gasteiger partial charge < -0.3 is 14.5 Å². The number of hydrogen-bond acceptors (Lipinski definition) is 4. The lowest BCUT2D eigenvalue weighted by Crippen LogP contribution is -2.22. The summed E-state index contributed by atoms with van der Waals surface area (Å²) in [4.78, 5) is 4.43. The van der Waals surface area contributed by atoms with Crippen LogP contribution in [0.3, 0.4) is 0 Å². The van der Waals surface area contributed by atoms with Gasteiger partial charge >= 0.3 is 0 Å². The molecule has 0 aliphatic carbocycles. The van der Waals surface area contributed by atoms with Crippen molar-refractivity contribution in [3.63, 3.8) is 0 Å². The van der Waals surface area contributed by atoms with Crippen molar-refractivity contribution in [2.75, 3.05) is 18.6 Å². The van der Waals surface area contributed by atoms with Crippen molar-refractivity contribution in [3.05, 3.63) is 113 Å². The number of nitrogens with zero attached hydrogens (tertiary/aromatic N) is 4. The highest BCUT2D eigenvalue weighted by atomic mass is 16.5. The number of aryl methyl sites for hydroxylation is 1. The molecule has 0 spiro atoms. The molecule has 0 radical (unpaired) electrons. The zero-order valence-electron chi connectivity index (χ0n) is 27.9. The number of rotatable bonds is 6. The zero-order chi connectivity index (χ0) is 31.3. The van der Waals surface area contributed by atoms with E-state index in [2.05, 4.69) is 170 Å². The molecule has 43 heavy (non-hydrogen) atoms. The van der Waals surface area contributed by atoms with Crippen LogP contribution in [0.4, 0.5) is 5.69 Å². The average Bonchev–Trinajstić information content (AvgIpc) is 3.50. The molecule has 0 atom stereocenters. The first kappa shape index (κ1) is 30.5. The predicted octanol–water partition coefficient (Wildman–Crippen LogP) is 9.38. The fourth-order valence-electron chi connectivity index (χ4n) is 6.07. The summed E-state index contributed by atoms with van der Waals surface area (Å²) in [5.74, 6) is 1.64. The Morgan fingerprint density at radius 2 is 1.23 bits per heavy atom. The molecule has 226 valence electrons. The minimum absolute atomic E-state index is 0.0203. The van der Waals surface area contributed by atoms with E-state index in [1.807, 2.05) is 0 Å². The first-order chi connectivity index (χ1) is 20.0. The second kappa shape index (κ2) is 10.9. The molecular formula is C38H48N4O. The Labute approximate surface area is 258 Å². The van der Waals surface area contributed by atoms with Crippen LogP contribution in [-0.2, 0) is 16.2 Å². The third-order valence-corrected chi connectivity index (χ3v) is 8.61. The van der Waals surface area contributed by atoms with E-state index in [0.717, 1.165) is 40.9 Å². The van der Waals surface area contributed by atoms with Gasteiger partial charge in [0, 0.05) is 53.9 Å². The van der Waals surface area contributed by atoms with Crippen LogP contribution in [0.5, 0.6) is 11.5 Å². The van der Waals surface area contributed by atoms with Gasteiger partial charge in [0.25, 0.3) is 0 Å². The third kappa shape index (κ3) is 6.22. The number of anilines is 1. The molecule has 0 bridgehead atoms. The summed E-state index contributed by atoms with van der Waals surface area (Å²) in [6.45, 7) is 23.2. The van der Waals surface area contributed by atoms with E-state index in [9.17, 15) is 0 Å². The Bertz CT molecular complexity index is 1650. The van der Waals surface area contributed by atoms with Gasteiger partial charge in [0.1, 0.15) is 11.5 Å². The Balaban J connectivity index is 1.60. The van der Waals surface area contributed by atoms with Crippen LogP contribution in [0.15, 0.2) is 79.1 Å². The van der Waals surface area contributed by atoms with Gasteiger partial charge in [-0.2, -0.15) is 5.10 Å². The van der Waals surface area contributed by atoms with E-state index in [1.165, 1.54) is 22.3 Å². The summed E-state index contributed by atoms with van der Waals surface area (Å²) in [5, 5.41) is 5.11. The standard InChI is InChI=1S/C38H48N4O/c1-26-35(38(9,10)28-15-13-12-14-16-28)27(2)42(39-26)32-20-30(37(6,7)8)22-34(24-32)43-33-21-29(36(3,4)5)19-31(23-33)41-18-17-40(11)25-41/h12-24H,25H2,1-11H3. The summed E-state index contributed by atoms with van der Waals surface area (Å²) >= 11 is 0. The molecule has 0 amide bonds. The minimum Gasteiger partial charge on any atom is -0.457 e. The molecule has 0 fully saturated rings. The van der Waals surface area contributed by atoms with Crippen LogP contribution in [0.2, 0.25) is 0 Å². The van der Waals surface area contributed by atoms with E-state index in [1.54, 1.807) is 0 Å². The van der Waals surface area contributed by atoms with Crippen LogP contribution in [0.1, 0.15) is 89.0 Å². The number of ether oxygens (including phenoxy) is 1. The van der Waals surface area contributed by atoms with Gasteiger partial charge in [-0.25, -0.2) is 4.68 Å². The van der Waals surface area contributed by atoms with Crippen molar-refractivity contribution < 1.29 is 4.74 Å². The Morgan fingerprint density at radius 1 is 0.674 bits per heavy atom. The van der Waals surface area contributed by atoms with Crippen molar-refractivity contribution in [2.24, 2.45) is 0 Å². The van der Waals surface area contributed by atoms with Crippen LogP contribution >= 0.6 is 0 Å². The topological polar surface area (TPSA) is 33.5 Å². The molecule has 4 aromatic rings. The maximum Gasteiger partial charge on any atom is 0.129 e. The fourth-order valence-corrected chi connectivity index (χ4v) is 6.07. The molecule has 1 aliphatic heterocycles.